The fourth-order valence-corrected chi connectivity index (χ4v) is 2.42. The third-order valence-corrected chi connectivity index (χ3v) is 3.87. The summed E-state index contributed by atoms with van der Waals surface area (Å²) in [5, 5.41) is 3.09. The van der Waals surface area contributed by atoms with E-state index in [0.29, 0.717) is 18.9 Å². The van der Waals surface area contributed by atoms with Gasteiger partial charge in [0, 0.05) is 12.1 Å². The number of rotatable bonds is 6. The summed E-state index contributed by atoms with van der Waals surface area (Å²) >= 11 is 0. The molecule has 1 unspecified atom stereocenters. The van der Waals surface area contributed by atoms with Crippen LogP contribution in [0, 0.1) is 5.92 Å². The summed E-state index contributed by atoms with van der Waals surface area (Å²) in [6.45, 7) is 2.51. The van der Waals surface area contributed by atoms with Gasteiger partial charge in [-0.15, -0.1) is 0 Å². The molecule has 1 amide bonds. The standard InChI is InChI=1S/C15H22N2O2/c1-15(10-16,12-7-8-12)17-14(18)9-11-5-3-4-6-13(11)19-2/h3-6,12H,7-10,16H2,1-2H3,(H,17,18). The molecular formula is C15H22N2O2. The topological polar surface area (TPSA) is 64.3 Å². The Balaban J connectivity index is 2.01. The highest BCUT2D eigenvalue weighted by Crippen LogP contribution is 2.39. The van der Waals surface area contributed by atoms with Crippen LogP contribution >= 0.6 is 0 Å². The summed E-state index contributed by atoms with van der Waals surface area (Å²) in [6, 6.07) is 7.59. The van der Waals surface area contributed by atoms with E-state index in [9.17, 15) is 4.79 Å². The Morgan fingerprint density at radius 2 is 2.16 bits per heavy atom. The summed E-state index contributed by atoms with van der Waals surface area (Å²) in [4.78, 5) is 12.2. The molecule has 0 aromatic heterocycles. The Morgan fingerprint density at radius 1 is 1.47 bits per heavy atom. The zero-order valence-corrected chi connectivity index (χ0v) is 11.6. The first-order chi connectivity index (χ1) is 9.09. The molecule has 2 rings (SSSR count). The predicted octanol–water partition coefficient (Wildman–Crippen LogP) is 1.48. The molecule has 1 aromatic rings. The fourth-order valence-electron chi connectivity index (χ4n) is 2.42. The molecule has 1 saturated carbocycles. The zero-order valence-electron chi connectivity index (χ0n) is 11.6. The summed E-state index contributed by atoms with van der Waals surface area (Å²) in [7, 11) is 1.62. The van der Waals surface area contributed by atoms with E-state index in [4.69, 9.17) is 10.5 Å². The third-order valence-electron chi connectivity index (χ3n) is 3.87. The SMILES string of the molecule is COc1ccccc1CC(=O)NC(C)(CN)C1CC1. The van der Waals surface area contributed by atoms with Gasteiger partial charge in [-0.05, 0) is 31.7 Å². The van der Waals surface area contributed by atoms with Crippen molar-refractivity contribution in [3.63, 3.8) is 0 Å². The van der Waals surface area contributed by atoms with Crippen LogP contribution in [0.3, 0.4) is 0 Å². The average molecular weight is 262 g/mol. The maximum atomic E-state index is 12.2. The van der Waals surface area contributed by atoms with Gasteiger partial charge in [-0.1, -0.05) is 18.2 Å². The molecule has 0 spiro atoms. The Labute approximate surface area is 114 Å². The average Bonchev–Trinajstić information content (AvgIpc) is 3.23. The highest BCUT2D eigenvalue weighted by Gasteiger charge is 2.41. The second kappa shape index (κ2) is 5.61. The van der Waals surface area contributed by atoms with Crippen LogP contribution in [0.2, 0.25) is 0 Å². The van der Waals surface area contributed by atoms with Gasteiger partial charge in [0.2, 0.25) is 5.91 Å². The van der Waals surface area contributed by atoms with Crippen molar-refractivity contribution in [2.45, 2.75) is 31.7 Å². The Morgan fingerprint density at radius 3 is 2.74 bits per heavy atom. The first-order valence-electron chi connectivity index (χ1n) is 6.72. The molecular weight excluding hydrogens is 240 g/mol. The number of carbonyl (C=O) groups is 1. The van der Waals surface area contributed by atoms with Crippen molar-refractivity contribution in [1.82, 2.24) is 5.32 Å². The van der Waals surface area contributed by atoms with E-state index in [1.807, 2.05) is 31.2 Å². The van der Waals surface area contributed by atoms with Crippen LogP contribution in [0.4, 0.5) is 0 Å². The fraction of sp³-hybridized carbons (Fsp3) is 0.533. The zero-order chi connectivity index (χ0) is 13.9. The number of nitrogens with two attached hydrogens (primary N) is 1. The Bertz CT molecular complexity index is 457. The normalized spacial score (nSPS) is 17.6. The minimum Gasteiger partial charge on any atom is -0.496 e. The number of para-hydroxylation sites is 1. The summed E-state index contributed by atoms with van der Waals surface area (Å²) in [5.41, 5.74) is 6.44. The largest absolute Gasteiger partial charge is 0.496 e. The van der Waals surface area contributed by atoms with Crippen molar-refractivity contribution in [3.8, 4) is 5.75 Å². The van der Waals surface area contributed by atoms with E-state index < -0.39 is 0 Å². The van der Waals surface area contributed by atoms with Crippen LogP contribution in [-0.2, 0) is 11.2 Å². The van der Waals surface area contributed by atoms with Gasteiger partial charge in [-0.25, -0.2) is 0 Å². The van der Waals surface area contributed by atoms with Crippen LogP contribution in [0.15, 0.2) is 24.3 Å². The van der Waals surface area contributed by atoms with Gasteiger partial charge in [0.25, 0.3) is 0 Å². The first-order valence-corrected chi connectivity index (χ1v) is 6.72. The highest BCUT2D eigenvalue weighted by atomic mass is 16.5. The van der Waals surface area contributed by atoms with Crippen molar-refractivity contribution >= 4 is 5.91 Å². The molecule has 104 valence electrons. The lowest BCUT2D eigenvalue weighted by molar-refractivity contribution is -0.122. The summed E-state index contributed by atoms with van der Waals surface area (Å²) in [6.07, 6.45) is 2.64. The molecule has 1 fully saturated rings. The lowest BCUT2D eigenvalue weighted by atomic mass is 9.95. The van der Waals surface area contributed by atoms with Crippen molar-refractivity contribution in [3.05, 3.63) is 29.8 Å². The maximum Gasteiger partial charge on any atom is 0.225 e. The quantitative estimate of drug-likeness (QED) is 0.816. The number of benzene rings is 1. The Hall–Kier alpha value is -1.55. The van der Waals surface area contributed by atoms with Crippen molar-refractivity contribution in [1.29, 1.82) is 0 Å². The van der Waals surface area contributed by atoms with Gasteiger partial charge in [0.1, 0.15) is 5.75 Å². The number of hydrogen-bond acceptors (Lipinski definition) is 3. The monoisotopic (exact) mass is 262 g/mol. The molecule has 0 saturated heterocycles. The molecule has 3 N–H and O–H groups in total. The van der Waals surface area contributed by atoms with E-state index in [1.165, 1.54) is 0 Å². The smallest absolute Gasteiger partial charge is 0.225 e. The number of carbonyl (C=O) groups excluding carboxylic acids is 1. The molecule has 0 heterocycles. The van der Waals surface area contributed by atoms with E-state index in [-0.39, 0.29) is 11.4 Å². The van der Waals surface area contributed by atoms with Gasteiger partial charge >= 0.3 is 0 Å². The van der Waals surface area contributed by atoms with Crippen LogP contribution in [0.5, 0.6) is 5.75 Å². The van der Waals surface area contributed by atoms with Crippen molar-refractivity contribution in [2.75, 3.05) is 13.7 Å². The molecule has 1 aromatic carbocycles. The minimum absolute atomic E-state index is 0.00403. The molecule has 0 bridgehead atoms. The number of amides is 1. The predicted molar refractivity (Wildman–Crippen MR) is 75.0 cm³/mol. The van der Waals surface area contributed by atoms with Gasteiger partial charge in [-0.3, -0.25) is 4.79 Å². The molecule has 19 heavy (non-hydrogen) atoms. The van der Waals surface area contributed by atoms with Crippen LogP contribution < -0.4 is 15.8 Å². The number of nitrogens with one attached hydrogen (secondary N) is 1. The van der Waals surface area contributed by atoms with Crippen molar-refractivity contribution < 1.29 is 9.53 Å². The highest BCUT2D eigenvalue weighted by molar-refractivity contribution is 5.80. The molecule has 0 aliphatic heterocycles. The number of methoxy groups -OCH3 is 1. The second-order valence-electron chi connectivity index (χ2n) is 5.43. The van der Waals surface area contributed by atoms with Crippen molar-refractivity contribution in [2.24, 2.45) is 11.7 Å². The van der Waals surface area contributed by atoms with Crippen LogP contribution in [0.25, 0.3) is 0 Å². The van der Waals surface area contributed by atoms with Gasteiger partial charge < -0.3 is 15.8 Å². The molecule has 4 heteroatoms. The molecule has 1 atom stereocenters. The van der Waals surface area contributed by atoms with Gasteiger partial charge in [0.05, 0.1) is 19.1 Å². The summed E-state index contributed by atoms with van der Waals surface area (Å²) < 4.78 is 5.26. The lowest BCUT2D eigenvalue weighted by Crippen LogP contribution is -2.53. The van der Waals surface area contributed by atoms with Crippen LogP contribution in [0.1, 0.15) is 25.3 Å². The molecule has 0 radical (unpaired) electrons. The van der Waals surface area contributed by atoms with E-state index in [1.54, 1.807) is 7.11 Å². The molecule has 4 nitrogen and oxygen atoms in total. The van der Waals surface area contributed by atoms with E-state index >= 15 is 0 Å². The van der Waals surface area contributed by atoms with Gasteiger partial charge in [0.15, 0.2) is 0 Å². The number of ether oxygens (including phenoxy) is 1. The second-order valence-corrected chi connectivity index (χ2v) is 5.43. The van der Waals surface area contributed by atoms with Gasteiger partial charge in [-0.2, -0.15) is 0 Å². The third kappa shape index (κ3) is 3.26. The lowest BCUT2D eigenvalue weighted by Gasteiger charge is -2.29. The minimum atomic E-state index is -0.265. The molecule has 1 aliphatic rings. The first kappa shape index (κ1) is 13.9. The molecule has 1 aliphatic carbocycles. The summed E-state index contributed by atoms with van der Waals surface area (Å²) in [5.74, 6) is 1.28. The van der Waals surface area contributed by atoms with E-state index in [2.05, 4.69) is 5.32 Å². The van der Waals surface area contributed by atoms with Crippen LogP contribution in [-0.4, -0.2) is 25.1 Å². The van der Waals surface area contributed by atoms with E-state index in [0.717, 1.165) is 24.2 Å². The maximum absolute atomic E-state index is 12.2. The number of hydrogen-bond donors (Lipinski definition) is 2. The Kier molecular flexibility index (Phi) is 4.10.